The first-order valence-electron chi connectivity index (χ1n) is 6.68. The van der Waals surface area contributed by atoms with Crippen LogP contribution < -0.4 is 4.74 Å². The largest absolute Gasteiger partial charge is 0.494 e. The minimum Gasteiger partial charge on any atom is -0.494 e. The molecular weight excluding hydrogens is 270 g/mol. The van der Waals surface area contributed by atoms with Gasteiger partial charge in [0.25, 0.3) is 5.69 Å². The van der Waals surface area contributed by atoms with Gasteiger partial charge in [0.05, 0.1) is 11.5 Å². The molecule has 0 radical (unpaired) electrons. The highest BCUT2D eigenvalue weighted by atomic mass is 16.6. The minimum atomic E-state index is -0.903. The van der Waals surface area contributed by atoms with Crippen LogP contribution in [0.25, 0.3) is 0 Å². The van der Waals surface area contributed by atoms with Crippen molar-refractivity contribution in [3.8, 4) is 5.75 Å². The van der Waals surface area contributed by atoms with E-state index >= 15 is 0 Å². The summed E-state index contributed by atoms with van der Waals surface area (Å²) in [7, 11) is 0. The number of ether oxygens (including phenoxy) is 1. The highest BCUT2D eigenvalue weighted by molar-refractivity contribution is 5.45. The van der Waals surface area contributed by atoms with Crippen LogP contribution in [0.2, 0.25) is 0 Å². The van der Waals surface area contributed by atoms with Gasteiger partial charge in [0.2, 0.25) is 0 Å². The number of nitrogens with zero attached hydrogens (tertiary/aromatic N) is 1. The highest BCUT2D eigenvalue weighted by Gasteiger charge is 2.16. The molecule has 0 aliphatic heterocycles. The van der Waals surface area contributed by atoms with Gasteiger partial charge < -0.3 is 9.84 Å². The van der Waals surface area contributed by atoms with E-state index in [1.807, 2.05) is 6.92 Å². The summed E-state index contributed by atoms with van der Waals surface area (Å²) in [4.78, 5) is 10.5. The van der Waals surface area contributed by atoms with Gasteiger partial charge in [-0.1, -0.05) is 24.3 Å². The van der Waals surface area contributed by atoms with Crippen molar-refractivity contribution in [2.75, 3.05) is 6.61 Å². The molecule has 0 saturated carbocycles. The molecule has 2 aromatic carbocycles. The minimum absolute atomic E-state index is 0.0116. The van der Waals surface area contributed by atoms with Crippen LogP contribution in [0.3, 0.4) is 0 Å². The molecule has 21 heavy (non-hydrogen) atoms. The molecule has 5 heteroatoms. The van der Waals surface area contributed by atoms with E-state index in [0.29, 0.717) is 23.3 Å². The zero-order valence-corrected chi connectivity index (χ0v) is 11.9. The average Bonchev–Trinajstić information content (AvgIpc) is 2.48. The molecule has 0 heterocycles. The van der Waals surface area contributed by atoms with Crippen molar-refractivity contribution in [2.45, 2.75) is 20.0 Å². The molecule has 0 fully saturated rings. The standard InChI is InChI=1S/C16H17NO4/c1-3-21-14-8-6-12(7-9-14)16(18)13-5-4-11(2)15(10-13)17(19)20/h4-10,16,18H,3H2,1-2H3. The Balaban J connectivity index is 2.29. The zero-order chi connectivity index (χ0) is 15.4. The molecule has 2 rings (SSSR count). The molecule has 0 amide bonds. The van der Waals surface area contributed by atoms with Crippen LogP contribution in [0.1, 0.15) is 29.7 Å². The Morgan fingerprint density at radius 1 is 1.19 bits per heavy atom. The van der Waals surface area contributed by atoms with Gasteiger partial charge in [-0.05, 0) is 37.1 Å². The van der Waals surface area contributed by atoms with Crippen LogP contribution in [0.5, 0.6) is 5.75 Å². The Kier molecular flexibility index (Phi) is 4.55. The zero-order valence-electron chi connectivity index (χ0n) is 11.9. The second-order valence-corrected chi connectivity index (χ2v) is 4.71. The Bertz CT molecular complexity index is 637. The van der Waals surface area contributed by atoms with Crippen LogP contribution in [0, 0.1) is 17.0 Å². The second kappa shape index (κ2) is 6.37. The van der Waals surface area contributed by atoms with Crippen LogP contribution in [-0.4, -0.2) is 16.6 Å². The number of aliphatic hydroxyl groups excluding tert-OH is 1. The molecule has 0 aliphatic carbocycles. The monoisotopic (exact) mass is 287 g/mol. The van der Waals surface area contributed by atoms with E-state index in [9.17, 15) is 15.2 Å². The van der Waals surface area contributed by atoms with Crippen molar-refractivity contribution >= 4 is 5.69 Å². The second-order valence-electron chi connectivity index (χ2n) is 4.71. The lowest BCUT2D eigenvalue weighted by molar-refractivity contribution is -0.385. The number of benzene rings is 2. The third-order valence-corrected chi connectivity index (χ3v) is 3.25. The Morgan fingerprint density at radius 2 is 1.81 bits per heavy atom. The van der Waals surface area contributed by atoms with Gasteiger partial charge in [0.1, 0.15) is 11.9 Å². The van der Waals surface area contributed by atoms with Crippen LogP contribution in [-0.2, 0) is 0 Å². The van der Waals surface area contributed by atoms with Crippen LogP contribution in [0.15, 0.2) is 42.5 Å². The summed E-state index contributed by atoms with van der Waals surface area (Å²) in [6.07, 6.45) is -0.903. The predicted octanol–water partition coefficient (Wildman–Crippen LogP) is 3.38. The lowest BCUT2D eigenvalue weighted by atomic mass is 9.99. The van der Waals surface area contributed by atoms with E-state index in [0.717, 1.165) is 5.75 Å². The van der Waals surface area contributed by atoms with Gasteiger partial charge in [0, 0.05) is 11.6 Å². The maximum Gasteiger partial charge on any atom is 0.272 e. The van der Waals surface area contributed by atoms with Crippen molar-refractivity contribution in [3.05, 3.63) is 69.3 Å². The van der Waals surface area contributed by atoms with E-state index in [-0.39, 0.29) is 5.69 Å². The van der Waals surface area contributed by atoms with Gasteiger partial charge in [-0.3, -0.25) is 10.1 Å². The number of aliphatic hydroxyl groups is 1. The summed E-state index contributed by atoms with van der Waals surface area (Å²) in [6, 6.07) is 11.8. The van der Waals surface area contributed by atoms with E-state index < -0.39 is 11.0 Å². The molecule has 0 bridgehead atoms. The summed E-state index contributed by atoms with van der Waals surface area (Å²) in [6.45, 7) is 4.14. The topological polar surface area (TPSA) is 72.6 Å². The third kappa shape index (κ3) is 3.38. The molecule has 0 saturated heterocycles. The van der Waals surface area contributed by atoms with Crippen molar-refractivity contribution in [3.63, 3.8) is 0 Å². The Labute approximate surface area is 123 Å². The Hall–Kier alpha value is -2.40. The fourth-order valence-corrected chi connectivity index (χ4v) is 2.10. The number of hydrogen-bond donors (Lipinski definition) is 1. The smallest absolute Gasteiger partial charge is 0.272 e. The molecule has 1 atom stereocenters. The van der Waals surface area contributed by atoms with E-state index in [4.69, 9.17) is 4.74 Å². The van der Waals surface area contributed by atoms with E-state index in [1.165, 1.54) is 6.07 Å². The van der Waals surface area contributed by atoms with E-state index in [1.54, 1.807) is 43.3 Å². The molecule has 110 valence electrons. The number of aryl methyl sites for hydroxylation is 1. The van der Waals surface area contributed by atoms with Gasteiger partial charge in [-0.25, -0.2) is 0 Å². The van der Waals surface area contributed by atoms with Crippen LogP contribution in [0.4, 0.5) is 5.69 Å². The maximum atomic E-state index is 11.0. The molecule has 1 N–H and O–H groups in total. The molecule has 2 aromatic rings. The van der Waals surface area contributed by atoms with Crippen molar-refractivity contribution in [2.24, 2.45) is 0 Å². The fourth-order valence-electron chi connectivity index (χ4n) is 2.10. The number of rotatable bonds is 5. The third-order valence-electron chi connectivity index (χ3n) is 3.25. The van der Waals surface area contributed by atoms with Crippen molar-refractivity contribution in [1.82, 2.24) is 0 Å². The molecule has 0 aliphatic rings. The molecule has 5 nitrogen and oxygen atoms in total. The maximum absolute atomic E-state index is 11.0. The highest BCUT2D eigenvalue weighted by Crippen LogP contribution is 2.28. The molecular formula is C16H17NO4. The van der Waals surface area contributed by atoms with E-state index in [2.05, 4.69) is 0 Å². The summed E-state index contributed by atoms with van der Waals surface area (Å²) < 4.78 is 5.34. The van der Waals surface area contributed by atoms with Gasteiger partial charge >= 0.3 is 0 Å². The predicted molar refractivity (Wildman–Crippen MR) is 79.5 cm³/mol. The number of hydrogen-bond acceptors (Lipinski definition) is 4. The quantitative estimate of drug-likeness (QED) is 0.676. The van der Waals surface area contributed by atoms with Crippen LogP contribution >= 0.6 is 0 Å². The van der Waals surface area contributed by atoms with Crippen molar-refractivity contribution < 1.29 is 14.8 Å². The SMILES string of the molecule is CCOc1ccc(C(O)c2ccc(C)c([N+](=O)[O-])c2)cc1. The van der Waals surface area contributed by atoms with Gasteiger partial charge in [-0.15, -0.1) is 0 Å². The lowest BCUT2D eigenvalue weighted by Crippen LogP contribution is -2.02. The first-order valence-corrected chi connectivity index (χ1v) is 6.68. The molecule has 0 aromatic heterocycles. The van der Waals surface area contributed by atoms with Gasteiger partial charge in [0.15, 0.2) is 0 Å². The summed E-state index contributed by atoms with van der Waals surface area (Å²) >= 11 is 0. The fraction of sp³-hybridized carbons (Fsp3) is 0.250. The first-order chi connectivity index (χ1) is 10.0. The Morgan fingerprint density at radius 3 is 2.38 bits per heavy atom. The van der Waals surface area contributed by atoms with Gasteiger partial charge in [-0.2, -0.15) is 0 Å². The summed E-state index contributed by atoms with van der Waals surface area (Å²) in [5.41, 5.74) is 1.74. The lowest BCUT2D eigenvalue weighted by Gasteiger charge is -2.13. The molecule has 1 unspecified atom stereocenters. The summed E-state index contributed by atoms with van der Waals surface area (Å²) in [5.74, 6) is 0.725. The number of nitro benzene ring substituents is 1. The first kappa shape index (κ1) is 15.0. The number of nitro groups is 1. The van der Waals surface area contributed by atoms with Crippen molar-refractivity contribution in [1.29, 1.82) is 0 Å². The summed E-state index contributed by atoms with van der Waals surface area (Å²) in [5, 5.41) is 21.3. The normalized spacial score (nSPS) is 12.0. The average molecular weight is 287 g/mol. The molecule has 0 spiro atoms.